The third kappa shape index (κ3) is 3.24. The summed E-state index contributed by atoms with van der Waals surface area (Å²) in [7, 11) is 0. The molecule has 0 bridgehead atoms. The lowest BCUT2D eigenvalue weighted by atomic mass is 9.90. The van der Waals surface area contributed by atoms with Gasteiger partial charge in [0.2, 0.25) is 0 Å². The molecule has 0 saturated carbocycles. The molecule has 2 nitrogen and oxygen atoms in total. The van der Waals surface area contributed by atoms with Crippen molar-refractivity contribution >= 4 is 0 Å². The fourth-order valence-corrected chi connectivity index (χ4v) is 3.53. The fraction of sp³-hybridized carbons (Fsp3) is 0.667. The van der Waals surface area contributed by atoms with Crippen molar-refractivity contribution in [2.75, 3.05) is 19.6 Å². The SMILES string of the molecule is CCC1CCCN(C(CN)c2cc(C)c(C)cc2C)C1. The maximum atomic E-state index is 6.14. The quantitative estimate of drug-likeness (QED) is 0.906. The molecule has 2 N–H and O–H groups in total. The van der Waals surface area contributed by atoms with Crippen LogP contribution in [-0.2, 0) is 0 Å². The van der Waals surface area contributed by atoms with Crippen LogP contribution in [-0.4, -0.2) is 24.5 Å². The van der Waals surface area contributed by atoms with Gasteiger partial charge in [0.1, 0.15) is 0 Å². The first-order valence-electron chi connectivity index (χ1n) is 8.08. The van der Waals surface area contributed by atoms with E-state index >= 15 is 0 Å². The van der Waals surface area contributed by atoms with Gasteiger partial charge in [0, 0.05) is 19.1 Å². The van der Waals surface area contributed by atoms with Crippen LogP contribution in [0.1, 0.15) is 54.5 Å². The van der Waals surface area contributed by atoms with Gasteiger partial charge in [-0.15, -0.1) is 0 Å². The normalized spacial score (nSPS) is 21.9. The van der Waals surface area contributed by atoms with E-state index in [1.807, 2.05) is 0 Å². The number of piperidine rings is 1. The fourth-order valence-electron chi connectivity index (χ4n) is 3.53. The van der Waals surface area contributed by atoms with Gasteiger partial charge in [-0.2, -0.15) is 0 Å². The third-order valence-electron chi connectivity index (χ3n) is 5.03. The van der Waals surface area contributed by atoms with Gasteiger partial charge >= 0.3 is 0 Å². The zero-order valence-electron chi connectivity index (χ0n) is 13.6. The van der Waals surface area contributed by atoms with E-state index in [-0.39, 0.29) is 0 Å². The number of hydrogen-bond acceptors (Lipinski definition) is 2. The predicted molar refractivity (Wildman–Crippen MR) is 87.0 cm³/mol. The van der Waals surface area contributed by atoms with Crippen LogP contribution in [0.25, 0.3) is 0 Å². The second kappa shape index (κ2) is 6.73. The lowest BCUT2D eigenvalue weighted by molar-refractivity contribution is 0.124. The van der Waals surface area contributed by atoms with E-state index in [4.69, 9.17) is 5.73 Å². The lowest BCUT2D eigenvalue weighted by Crippen LogP contribution is -2.41. The number of nitrogens with zero attached hydrogens (tertiary/aromatic N) is 1. The second-order valence-electron chi connectivity index (χ2n) is 6.46. The van der Waals surface area contributed by atoms with E-state index < -0.39 is 0 Å². The molecular weight excluding hydrogens is 244 g/mol. The number of benzene rings is 1. The molecule has 1 heterocycles. The van der Waals surface area contributed by atoms with Crippen LogP contribution in [0.4, 0.5) is 0 Å². The molecule has 2 heteroatoms. The molecule has 1 fully saturated rings. The molecule has 2 unspecified atom stereocenters. The summed E-state index contributed by atoms with van der Waals surface area (Å²) in [5, 5.41) is 0. The highest BCUT2D eigenvalue weighted by Crippen LogP contribution is 2.30. The van der Waals surface area contributed by atoms with Crippen LogP contribution in [0.2, 0.25) is 0 Å². The van der Waals surface area contributed by atoms with Crippen molar-refractivity contribution in [3.8, 4) is 0 Å². The number of aryl methyl sites for hydroxylation is 3. The van der Waals surface area contributed by atoms with Crippen molar-refractivity contribution in [1.82, 2.24) is 4.90 Å². The van der Waals surface area contributed by atoms with E-state index in [2.05, 4.69) is 44.7 Å². The van der Waals surface area contributed by atoms with Gasteiger partial charge in [0.25, 0.3) is 0 Å². The summed E-state index contributed by atoms with van der Waals surface area (Å²) in [5.41, 5.74) is 11.7. The van der Waals surface area contributed by atoms with Gasteiger partial charge in [0.05, 0.1) is 0 Å². The second-order valence-corrected chi connectivity index (χ2v) is 6.46. The Kier molecular flexibility index (Phi) is 5.22. The molecule has 0 amide bonds. The molecule has 1 aliphatic heterocycles. The standard InChI is InChI=1S/C18H30N2/c1-5-16-7-6-8-20(12-16)18(11-19)17-10-14(3)13(2)9-15(17)4/h9-10,16,18H,5-8,11-12,19H2,1-4H3. The predicted octanol–water partition coefficient (Wildman–Crippen LogP) is 3.73. The van der Waals surface area contributed by atoms with E-state index in [0.29, 0.717) is 6.04 Å². The molecule has 20 heavy (non-hydrogen) atoms. The van der Waals surface area contributed by atoms with E-state index in [9.17, 15) is 0 Å². The zero-order chi connectivity index (χ0) is 14.7. The molecule has 1 aromatic rings. The van der Waals surface area contributed by atoms with Crippen molar-refractivity contribution in [2.45, 2.75) is 53.0 Å². The summed E-state index contributed by atoms with van der Waals surface area (Å²) in [4.78, 5) is 2.62. The molecule has 0 aromatic heterocycles. The van der Waals surface area contributed by atoms with Crippen molar-refractivity contribution in [3.05, 3.63) is 34.4 Å². The Hall–Kier alpha value is -0.860. The van der Waals surface area contributed by atoms with Gasteiger partial charge in [-0.05, 0) is 68.3 Å². The maximum absolute atomic E-state index is 6.14. The average molecular weight is 274 g/mol. The summed E-state index contributed by atoms with van der Waals surface area (Å²) in [5.74, 6) is 0.852. The highest BCUT2D eigenvalue weighted by atomic mass is 15.2. The van der Waals surface area contributed by atoms with Gasteiger partial charge in [0.15, 0.2) is 0 Å². The smallest absolute Gasteiger partial charge is 0.0473 e. The largest absolute Gasteiger partial charge is 0.329 e. The van der Waals surface area contributed by atoms with Crippen LogP contribution in [0.3, 0.4) is 0 Å². The van der Waals surface area contributed by atoms with Gasteiger partial charge in [-0.3, -0.25) is 4.90 Å². The molecule has 2 atom stereocenters. The van der Waals surface area contributed by atoms with Crippen LogP contribution in [0.15, 0.2) is 12.1 Å². The molecular formula is C18H30N2. The molecule has 0 radical (unpaired) electrons. The van der Waals surface area contributed by atoms with E-state index in [1.165, 1.54) is 54.6 Å². The first kappa shape index (κ1) is 15.5. The zero-order valence-corrected chi connectivity index (χ0v) is 13.6. The summed E-state index contributed by atoms with van der Waals surface area (Å²) >= 11 is 0. The van der Waals surface area contributed by atoms with Crippen LogP contribution in [0.5, 0.6) is 0 Å². The minimum atomic E-state index is 0.392. The van der Waals surface area contributed by atoms with Crippen molar-refractivity contribution in [3.63, 3.8) is 0 Å². The van der Waals surface area contributed by atoms with Crippen LogP contribution < -0.4 is 5.73 Å². The van der Waals surface area contributed by atoms with Crippen molar-refractivity contribution in [2.24, 2.45) is 11.7 Å². The van der Waals surface area contributed by atoms with Crippen LogP contribution >= 0.6 is 0 Å². The van der Waals surface area contributed by atoms with Crippen molar-refractivity contribution in [1.29, 1.82) is 0 Å². The Morgan fingerprint density at radius 2 is 1.90 bits per heavy atom. The number of rotatable bonds is 4. The van der Waals surface area contributed by atoms with Crippen molar-refractivity contribution < 1.29 is 0 Å². The Morgan fingerprint density at radius 3 is 2.55 bits per heavy atom. The summed E-state index contributed by atoms with van der Waals surface area (Å²) in [6.07, 6.45) is 3.99. The molecule has 1 saturated heterocycles. The third-order valence-corrected chi connectivity index (χ3v) is 5.03. The monoisotopic (exact) mass is 274 g/mol. The Labute approximate surface area is 124 Å². The average Bonchev–Trinajstić information content (AvgIpc) is 2.45. The molecule has 0 aliphatic carbocycles. The Bertz CT molecular complexity index is 453. The van der Waals surface area contributed by atoms with Gasteiger partial charge in [-0.1, -0.05) is 25.5 Å². The van der Waals surface area contributed by atoms with Crippen LogP contribution in [0, 0.1) is 26.7 Å². The first-order chi connectivity index (χ1) is 9.56. The van der Waals surface area contributed by atoms with E-state index in [0.717, 1.165) is 12.5 Å². The minimum Gasteiger partial charge on any atom is -0.329 e. The number of nitrogens with two attached hydrogens (primary N) is 1. The number of likely N-dealkylation sites (tertiary alicyclic amines) is 1. The summed E-state index contributed by atoms with van der Waals surface area (Å²) in [6, 6.07) is 5.07. The molecule has 112 valence electrons. The maximum Gasteiger partial charge on any atom is 0.0473 e. The Balaban J connectivity index is 2.25. The molecule has 0 spiro atoms. The summed E-state index contributed by atoms with van der Waals surface area (Å²) in [6.45, 7) is 12.1. The van der Waals surface area contributed by atoms with Gasteiger partial charge < -0.3 is 5.73 Å². The molecule has 2 rings (SSSR count). The minimum absolute atomic E-state index is 0.392. The van der Waals surface area contributed by atoms with E-state index in [1.54, 1.807) is 0 Å². The highest BCUT2D eigenvalue weighted by molar-refractivity contribution is 5.38. The topological polar surface area (TPSA) is 29.3 Å². The number of hydrogen-bond donors (Lipinski definition) is 1. The first-order valence-corrected chi connectivity index (χ1v) is 8.08. The lowest BCUT2D eigenvalue weighted by Gasteiger charge is -2.38. The molecule has 1 aliphatic rings. The Morgan fingerprint density at radius 1 is 1.20 bits per heavy atom. The highest BCUT2D eigenvalue weighted by Gasteiger charge is 2.26. The van der Waals surface area contributed by atoms with Gasteiger partial charge in [-0.25, -0.2) is 0 Å². The molecule has 1 aromatic carbocycles. The summed E-state index contributed by atoms with van der Waals surface area (Å²) < 4.78 is 0.